The molecule has 0 bridgehead atoms. The van der Waals surface area contributed by atoms with Crippen molar-refractivity contribution in [2.45, 2.75) is 85.0 Å². The van der Waals surface area contributed by atoms with Crippen molar-refractivity contribution in [1.82, 2.24) is 19.7 Å². The number of benzene rings is 3. The Bertz CT molecular complexity index is 1890. The zero-order valence-electron chi connectivity index (χ0n) is 33.1. The van der Waals surface area contributed by atoms with E-state index < -0.39 is 11.5 Å². The SMILES string of the molecule is Cc1c(-c2ccc(O)cc2)n(Cc2ccc(OCCN3CCC(OCCOCC(=O)NC(C(=O)N4CCCC4C)C(C)(C)C)CC3)cc2)c2ccc(O)cc12. The molecular weight excluding hydrogens is 697 g/mol. The fourth-order valence-corrected chi connectivity index (χ4v) is 7.85. The number of amides is 2. The molecule has 0 saturated carbocycles. The summed E-state index contributed by atoms with van der Waals surface area (Å²) < 4.78 is 20.1. The van der Waals surface area contributed by atoms with Crippen LogP contribution in [0, 0.1) is 12.3 Å². The third-order valence-electron chi connectivity index (χ3n) is 11.0. The molecule has 2 fully saturated rings. The average molecular weight is 755 g/mol. The van der Waals surface area contributed by atoms with Gasteiger partial charge in [0.15, 0.2) is 0 Å². The van der Waals surface area contributed by atoms with E-state index in [2.05, 4.69) is 40.8 Å². The molecule has 2 aliphatic rings. The molecule has 296 valence electrons. The molecule has 2 saturated heterocycles. The molecular formula is C44H58N4O7. The van der Waals surface area contributed by atoms with Crippen molar-refractivity contribution in [3.8, 4) is 28.5 Å². The molecule has 55 heavy (non-hydrogen) atoms. The maximum Gasteiger partial charge on any atom is 0.246 e. The van der Waals surface area contributed by atoms with Gasteiger partial charge in [0, 0.05) is 49.7 Å². The van der Waals surface area contributed by atoms with Crippen LogP contribution in [-0.2, 0) is 25.6 Å². The number of carbonyl (C=O) groups excluding carboxylic acids is 2. The van der Waals surface area contributed by atoms with Crippen LogP contribution in [0.4, 0.5) is 0 Å². The number of likely N-dealkylation sites (tertiary alicyclic amines) is 2. The lowest BCUT2D eigenvalue weighted by Crippen LogP contribution is -2.56. The molecule has 0 radical (unpaired) electrons. The van der Waals surface area contributed by atoms with Gasteiger partial charge < -0.3 is 39.2 Å². The number of hydrogen-bond donors (Lipinski definition) is 3. The van der Waals surface area contributed by atoms with Crippen molar-refractivity contribution < 1.29 is 34.0 Å². The minimum Gasteiger partial charge on any atom is -0.508 e. The molecule has 11 nitrogen and oxygen atoms in total. The fourth-order valence-electron chi connectivity index (χ4n) is 7.85. The van der Waals surface area contributed by atoms with Gasteiger partial charge in [0.05, 0.1) is 25.0 Å². The van der Waals surface area contributed by atoms with Crippen LogP contribution in [-0.4, -0.2) is 107 Å². The Morgan fingerprint density at radius 3 is 2.27 bits per heavy atom. The van der Waals surface area contributed by atoms with Crippen LogP contribution < -0.4 is 10.1 Å². The lowest BCUT2D eigenvalue weighted by molar-refractivity contribution is -0.141. The van der Waals surface area contributed by atoms with Gasteiger partial charge in [-0.05, 0) is 116 Å². The Morgan fingerprint density at radius 2 is 1.60 bits per heavy atom. The molecule has 2 atom stereocenters. The van der Waals surface area contributed by atoms with Crippen molar-refractivity contribution in [3.63, 3.8) is 0 Å². The first-order valence-corrected chi connectivity index (χ1v) is 19.7. The highest BCUT2D eigenvalue weighted by atomic mass is 16.5. The molecule has 3 N–H and O–H groups in total. The van der Waals surface area contributed by atoms with E-state index in [4.69, 9.17) is 14.2 Å². The molecule has 0 aliphatic carbocycles. The van der Waals surface area contributed by atoms with E-state index in [1.54, 1.807) is 18.2 Å². The van der Waals surface area contributed by atoms with Gasteiger partial charge >= 0.3 is 0 Å². The number of phenols is 2. The third-order valence-corrected chi connectivity index (χ3v) is 11.0. The second-order valence-electron chi connectivity index (χ2n) is 16.2. The Hall–Kier alpha value is -4.58. The number of rotatable bonds is 15. The van der Waals surface area contributed by atoms with Gasteiger partial charge in [-0.2, -0.15) is 0 Å². The zero-order valence-corrected chi connectivity index (χ0v) is 33.1. The van der Waals surface area contributed by atoms with E-state index in [9.17, 15) is 19.8 Å². The second kappa shape index (κ2) is 17.9. The first-order valence-electron chi connectivity index (χ1n) is 19.7. The van der Waals surface area contributed by atoms with Crippen molar-refractivity contribution >= 4 is 22.7 Å². The van der Waals surface area contributed by atoms with Crippen LogP contribution in [0.5, 0.6) is 17.2 Å². The van der Waals surface area contributed by atoms with E-state index in [0.29, 0.717) is 26.4 Å². The molecule has 2 amide bonds. The summed E-state index contributed by atoms with van der Waals surface area (Å²) in [6.07, 6.45) is 4.02. The molecule has 3 aromatic carbocycles. The van der Waals surface area contributed by atoms with E-state index >= 15 is 0 Å². The van der Waals surface area contributed by atoms with Crippen LogP contribution in [0.25, 0.3) is 22.2 Å². The van der Waals surface area contributed by atoms with Gasteiger partial charge in [0.2, 0.25) is 11.8 Å². The number of piperidine rings is 1. The van der Waals surface area contributed by atoms with Crippen molar-refractivity contribution in [2.75, 3.05) is 52.6 Å². The first kappa shape index (κ1) is 40.1. The maximum absolute atomic E-state index is 13.2. The van der Waals surface area contributed by atoms with Crippen molar-refractivity contribution in [2.24, 2.45) is 5.41 Å². The zero-order chi connectivity index (χ0) is 39.1. The quantitative estimate of drug-likeness (QED) is 0.118. The number of carbonyl (C=O) groups is 2. The Morgan fingerprint density at radius 1 is 0.891 bits per heavy atom. The van der Waals surface area contributed by atoms with E-state index in [-0.39, 0.29) is 42.1 Å². The number of nitrogens with one attached hydrogen (secondary N) is 1. The van der Waals surface area contributed by atoms with Crippen molar-refractivity contribution in [3.05, 3.63) is 77.9 Å². The summed E-state index contributed by atoms with van der Waals surface area (Å²) in [5.41, 5.74) is 4.88. The summed E-state index contributed by atoms with van der Waals surface area (Å²) in [7, 11) is 0. The second-order valence-corrected chi connectivity index (χ2v) is 16.2. The molecule has 6 rings (SSSR count). The predicted octanol–water partition coefficient (Wildman–Crippen LogP) is 6.49. The Kier molecular flexibility index (Phi) is 13.1. The average Bonchev–Trinajstić information content (AvgIpc) is 3.71. The van der Waals surface area contributed by atoms with E-state index in [1.807, 2.05) is 62.1 Å². The number of nitrogens with zero attached hydrogens (tertiary/aromatic N) is 3. The highest BCUT2D eigenvalue weighted by Crippen LogP contribution is 2.36. The highest BCUT2D eigenvalue weighted by Gasteiger charge is 2.38. The number of phenolic OH excluding ortho intramolecular Hbond substituents is 2. The van der Waals surface area contributed by atoms with Gasteiger partial charge in [-0.3, -0.25) is 14.5 Å². The first-order chi connectivity index (χ1) is 26.4. The van der Waals surface area contributed by atoms with Crippen molar-refractivity contribution in [1.29, 1.82) is 0 Å². The number of hydrogen-bond acceptors (Lipinski definition) is 8. The van der Waals surface area contributed by atoms with Crippen LogP contribution >= 0.6 is 0 Å². The highest BCUT2D eigenvalue weighted by molar-refractivity contribution is 5.93. The lowest BCUT2D eigenvalue weighted by Gasteiger charge is -2.35. The van der Waals surface area contributed by atoms with Crippen LogP contribution in [0.3, 0.4) is 0 Å². The lowest BCUT2D eigenvalue weighted by atomic mass is 9.85. The number of aromatic hydroxyl groups is 2. The van der Waals surface area contributed by atoms with Gasteiger partial charge in [-0.1, -0.05) is 32.9 Å². The Labute approximate surface area is 325 Å². The summed E-state index contributed by atoms with van der Waals surface area (Å²) in [5, 5.41) is 24.0. The molecule has 2 unspecified atom stereocenters. The summed E-state index contributed by atoms with van der Waals surface area (Å²) in [5.74, 6) is 0.991. The van der Waals surface area contributed by atoms with Gasteiger partial charge in [0.1, 0.15) is 36.5 Å². The topological polar surface area (TPSA) is 126 Å². The normalized spacial score (nSPS) is 17.5. The molecule has 4 aromatic rings. The molecule has 1 aromatic heterocycles. The number of aromatic nitrogens is 1. The maximum atomic E-state index is 13.2. The van der Waals surface area contributed by atoms with Crippen LogP contribution in [0.15, 0.2) is 66.7 Å². The summed E-state index contributed by atoms with van der Waals surface area (Å²) in [6.45, 7) is 15.4. The van der Waals surface area contributed by atoms with Gasteiger partial charge in [-0.25, -0.2) is 0 Å². The molecule has 2 aliphatic heterocycles. The van der Waals surface area contributed by atoms with E-state index in [0.717, 1.165) is 90.9 Å². The standard InChI is InChI=1S/C44H58N4O7/c1-30-7-6-20-47(30)43(52)42(44(3,4)5)45-40(51)29-53-25-26-55-37-18-21-46(22-19-37)23-24-54-36-15-8-32(9-16-36)28-48-39-17-14-35(50)27-38(39)31(2)41(48)33-10-12-34(49)13-11-33/h8-17,27,30,37,42,49-50H,6-7,18-26,28-29H2,1-5H3,(H,45,51). The summed E-state index contributed by atoms with van der Waals surface area (Å²) in [4.78, 5) is 30.2. The van der Waals surface area contributed by atoms with Crippen LogP contribution in [0.2, 0.25) is 0 Å². The minimum absolute atomic E-state index is 0.0132. The monoisotopic (exact) mass is 754 g/mol. The predicted molar refractivity (Wildman–Crippen MR) is 215 cm³/mol. The smallest absolute Gasteiger partial charge is 0.246 e. The third kappa shape index (κ3) is 10.2. The number of ether oxygens (including phenoxy) is 3. The molecule has 3 heterocycles. The largest absolute Gasteiger partial charge is 0.508 e. The molecule has 0 spiro atoms. The summed E-state index contributed by atoms with van der Waals surface area (Å²) >= 11 is 0. The van der Waals surface area contributed by atoms with Gasteiger partial charge in [0.25, 0.3) is 0 Å². The van der Waals surface area contributed by atoms with Crippen LogP contribution in [0.1, 0.15) is 64.5 Å². The molecule has 11 heteroatoms. The summed E-state index contributed by atoms with van der Waals surface area (Å²) in [6, 6.07) is 20.6. The fraction of sp³-hybridized carbons (Fsp3) is 0.500. The number of aryl methyl sites for hydroxylation is 1. The van der Waals surface area contributed by atoms with Gasteiger partial charge in [-0.15, -0.1) is 0 Å². The van der Waals surface area contributed by atoms with E-state index in [1.165, 1.54) is 0 Å². The minimum atomic E-state index is -0.589. The number of fused-ring (bicyclic) bond motifs is 1. The Balaban J connectivity index is 0.891.